The molecule has 0 fully saturated rings. The molecule has 0 heterocycles. The quantitative estimate of drug-likeness (QED) is 0.548. The maximum absolute atomic E-state index is 12.7. The van der Waals surface area contributed by atoms with E-state index in [2.05, 4.69) is 53.3 Å². The van der Waals surface area contributed by atoms with Crippen molar-refractivity contribution in [3.63, 3.8) is 0 Å². The molecule has 2 aromatic rings. The molecule has 4 rings (SSSR count). The molecule has 0 radical (unpaired) electrons. The van der Waals surface area contributed by atoms with Crippen molar-refractivity contribution in [3.05, 3.63) is 82.4 Å². The van der Waals surface area contributed by atoms with E-state index in [-0.39, 0.29) is 16.6 Å². The van der Waals surface area contributed by atoms with Crippen molar-refractivity contribution in [2.45, 2.75) is 84.7 Å². The van der Waals surface area contributed by atoms with E-state index in [0.717, 1.165) is 16.7 Å². The van der Waals surface area contributed by atoms with Crippen LogP contribution in [0.4, 0.5) is 0 Å². The summed E-state index contributed by atoms with van der Waals surface area (Å²) in [6.07, 6.45) is 4.08. The number of hydrogen-bond donors (Lipinski definition) is 1. The van der Waals surface area contributed by atoms with Crippen LogP contribution in [0.2, 0.25) is 0 Å². The number of aliphatic hydroxyl groups excluding tert-OH is 1. The number of ketones is 1. The Kier molecular flexibility index (Phi) is 5.61. The fourth-order valence-electron chi connectivity index (χ4n) is 5.39. The number of carbonyl (C=O) groups is 1. The molecule has 2 heteroatoms. The lowest BCUT2D eigenvalue weighted by molar-refractivity contribution is -0.127. The lowest BCUT2D eigenvalue weighted by Gasteiger charge is -2.42. The summed E-state index contributed by atoms with van der Waals surface area (Å²) in [6.45, 7) is 19.9. The van der Waals surface area contributed by atoms with Gasteiger partial charge in [0.25, 0.3) is 0 Å². The average Bonchev–Trinajstić information content (AvgIpc) is 2.75. The van der Waals surface area contributed by atoms with Crippen LogP contribution in [-0.2, 0) is 15.6 Å². The maximum Gasteiger partial charge on any atom is 0.192 e. The fraction of sp³-hybridized carbons (Fsp3) is 0.452. The highest BCUT2D eigenvalue weighted by atomic mass is 16.3. The third kappa shape index (κ3) is 4.04. The van der Waals surface area contributed by atoms with Crippen LogP contribution in [0.25, 0.3) is 11.1 Å². The van der Waals surface area contributed by atoms with Crippen molar-refractivity contribution in [1.29, 1.82) is 0 Å². The zero-order chi connectivity index (χ0) is 24.3. The van der Waals surface area contributed by atoms with E-state index in [1.54, 1.807) is 0 Å². The number of fused-ring (bicyclic) bond motifs is 1. The Balaban J connectivity index is 1.68. The third-order valence-corrected chi connectivity index (χ3v) is 8.15. The Hall–Kier alpha value is -2.45. The standard InChI is InChI=1S/C31H38O2/c1-19-17-25-26(30(5,6)16-15-29(25,3)4)18-24(19)20(2)21-9-11-22(12-10-21)23-13-14-31(7,8)28(33)27(23)32/h9-13,17-18,28,33H,2,14-16H2,1,3-8H3. The predicted molar refractivity (Wildman–Crippen MR) is 138 cm³/mol. The van der Waals surface area contributed by atoms with Gasteiger partial charge in [-0.15, -0.1) is 0 Å². The lowest BCUT2D eigenvalue weighted by Crippen LogP contribution is -2.39. The number of rotatable bonds is 3. The van der Waals surface area contributed by atoms with E-state index in [4.69, 9.17) is 0 Å². The second-order valence-electron chi connectivity index (χ2n) is 12.1. The minimum absolute atomic E-state index is 0.153. The highest BCUT2D eigenvalue weighted by molar-refractivity contribution is 6.23. The van der Waals surface area contributed by atoms with E-state index in [9.17, 15) is 9.90 Å². The van der Waals surface area contributed by atoms with Crippen molar-refractivity contribution < 1.29 is 9.90 Å². The zero-order valence-corrected chi connectivity index (χ0v) is 21.3. The summed E-state index contributed by atoms with van der Waals surface area (Å²) in [6, 6.07) is 12.8. The molecule has 2 aliphatic carbocycles. The third-order valence-electron chi connectivity index (χ3n) is 8.15. The number of carbonyl (C=O) groups excluding carboxylic acids is 1. The van der Waals surface area contributed by atoms with Gasteiger partial charge in [-0.3, -0.25) is 4.79 Å². The molecule has 1 N–H and O–H groups in total. The Labute approximate surface area is 199 Å². The van der Waals surface area contributed by atoms with E-state index in [1.165, 1.54) is 35.1 Å². The highest BCUT2D eigenvalue weighted by Gasteiger charge is 2.39. The van der Waals surface area contributed by atoms with Crippen LogP contribution in [0.5, 0.6) is 0 Å². The van der Waals surface area contributed by atoms with E-state index in [0.29, 0.717) is 12.0 Å². The van der Waals surface area contributed by atoms with Crippen molar-refractivity contribution in [1.82, 2.24) is 0 Å². The first-order valence-electron chi connectivity index (χ1n) is 12.1. The molecular formula is C31H38O2. The van der Waals surface area contributed by atoms with E-state index >= 15 is 0 Å². The van der Waals surface area contributed by atoms with Crippen molar-refractivity contribution >= 4 is 16.9 Å². The molecule has 0 saturated carbocycles. The molecule has 2 nitrogen and oxygen atoms in total. The maximum atomic E-state index is 12.7. The molecule has 0 spiro atoms. The summed E-state index contributed by atoms with van der Waals surface area (Å²) in [7, 11) is 0. The molecule has 1 unspecified atom stereocenters. The molecule has 2 aliphatic rings. The van der Waals surface area contributed by atoms with Gasteiger partial charge in [-0.25, -0.2) is 0 Å². The summed E-state index contributed by atoms with van der Waals surface area (Å²) in [5.74, 6) is -0.187. The van der Waals surface area contributed by atoms with E-state index in [1.807, 2.05) is 44.2 Å². The van der Waals surface area contributed by atoms with Crippen LogP contribution < -0.4 is 0 Å². The molecule has 33 heavy (non-hydrogen) atoms. The van der Waals surface area contributed by atoms with Gasteiger partial charge in [0.05, 0.1) is 0 Å². The molecule has 0 saturated heterocycles. The summed E-state index contributed by atoms with van der Waals surface area (Å²) in [5.41, 5.74) is 8.81. The molecule has 0 bridgehead atoms. The van der Waals surface area contributed by atoms with Crippen molar-refractivity contribution in [3.8, 4) is 0 Å². The molecule has 0 aromatic heterocycles. The molecule has 0 amide bonds. The smallest absolute Gasteiger partial charge is 0.192 e. The minimum Gasteiger partial charge on any atom is -0.384 e. The first-order valence-corrected chi connectivity index (χ1v) is 12.1. The Morgan fingerprint density at radius 2 is 1.48 bits per heavy atom. The van der Waals surface area contributed by atoms with Crippen LogP contribution in [0.1, 0.15) is 94.2 Å². The molecule has 2 aromatic carbocycles. The number of benzene rings is 2. The van der Waals surface area contributed by atoms with Gasteiger partial charge in [0.15, 0.2) is 5.78 Å². The van der Waals surface area contributed by atoms with Gasteiger partial charge in [0.2, 0.25) is 0 Å². The van der Waals surface area contributed by atoms with Crippen LogP contribution in [0, 0.1) is 12.3 Å². The Morgan fingerprint density at radius 3 is 2.06 bits per heavy atom. The van der Waals surface area contributed by atoms with Gasteiger partial charge in [-0.1, -0.05) is 90.6 Å². The van der Waals surface area contributed by atoms with Gasteiger partial charge in [0.1, 0.15) is 6.10 Å². The van der Waals surface area contributed by atoms with Gasteiger partial charge in [-0.05, 0) is 76.0 Å². The molecule has 1 atom stereocenters. The van der Waals surface area contributed by atoms with Gasteiger partial charge < -0.3 is 5.11 Å². The van der Waals surface area contributed by atoms with Crippen molar-refractivity contribution in [2.24, 2.45) is 5.41 Å². The van der Waals surface area contributed by atoms with Gasteiger partial charge in [0, 0.05) is 11.0 Å². The first-order chi connectivity index (χ1) is 15.2. The summed E-state index contributed by atoms with van der Waals surface area (Å²) < 4.78 is 0. The van der Waals surface area contributed by atoms with Crippen LogP contribution >= 0.6 is 0 Å². The summed E-state index contributed by atoms with van der Waals surface area (Å²) in [4.78, 5) is 12.7. The van der Waals surface area contributed by atoms with Gasteiger partial charge in [-0.2, -0.15) is 0 Å². The minimum atomic E-state index is -0.960. The topological polar surface area (TPSA) is 37.3 Å². The number of aliphatic hydroxyl groups is 1. The largest absolute Gasteiger partial charge is 0.384 e. The molecule has 0 aliphatic heterocycles. The fourth-order valence-corrected chi connectivity index (χ4v) is 5.39. The zero-order valence-electron chi connectivity index (χ0n) is 21.3. The van der Waals surface area contributed by atoms with Crippen LogP contribution in [0.3, 0.4) is 0 Å². The molecule has 174 valence electrons. The van der Waals surface area contributed by atoms with Crippen LogP contribution in [0.15, 0.2) is 49.1 Å². The second kappa shape index (κ2) is 7.81. The average molecular weight is 443 g/mol. The van der Waals surface area contributed by atoms with Crippen molar-refractivity contribution in [2.75, 3.05) is 0 Å². The summed E-state index contributed by atoms with van der Waals surface area (Å²) in [5, 5.41) is 10.4. The second-order valence-corrected chi connectivity index (χ2v) is 12.1. The predicted octanol–water partition coefficient (Wildman–Crippen LogP) is 7.15. The monoisotopic (exact) mass is 442 g/mol. The summed E-state index contributed by atoms with van der Waals surface area (Å²) >= 11 is 0. The first kappa shape index (κ1) is 23.7. The van der Waals surface area contributed by atoms with Crippen LogP contribution in [-0.4, -0.2) is 17.0 Å². The number of aryl methyl sites for hydroxylation is 1. The lowest BCUT2D eigenvalue weighted by atomic mass is 9.62. The number of allylic oxidation sites excluding steroid dienone is 1. The Bertz CT molecular complexity index is 1160. The SMILES string of the molecule is C=C(c1ccc(C2=CCC(C)(C)C(O)C2=O)cc1)c1cc2c(cc1C)C(C)(C)CCC2(C)C. The Morgan fingerprint density at radius 1 is 0.939 bits per heavy atom. The van der Waals surface area contributed by atoms with E-state index < -0.39 is 11.5 Å². The number of hydrogen-bond acceptors (Lipinski definition) is 2. The normalized spacial score (nSPS) is 23.0. The highest BCUT2D eigenvalue weighted by Crippen LogP contribution is 2.47. The number of Topliss-reactive ketones (excluding diaryl/α,β-unsaturated/α-hetero) is 1. The molecular weight excluding hydrogens is 404 g/mol. The van der Waals surface area contributed by atoms with Gasteiger partial charge >= 0.3 is 0 Å².